The van der Waals surface area contributed by atoms with Crippen LogP contribution in [-0.2, 0) is 13.0 Å². The summed E-state index contributed by atoms with van der Waals surface area (Å²) in [6, 6.07) is 3.50. The van der Waals surface area contributed by atoms with Crippen LogP contribution in [0.3, 0.4) is 0 Å². The molecule has 2 amide bonds. The third-order valence-electron chi connectivity index (χ3n) is 2.97. The fourth-order valence-corrected chi connectivity index (χ4v) is 2.58. The molecule has 0 radical (unpaired) electrons. The number of carbonyl (C=O) groups excluding carboxylic acids is 1. The molecular formula is C14H16N4O4S. The number of hydrogen-bond donors (Lipinski definition) is 2. The van der Waals surface area contributed by atoms with Gasteiger partial charge in [-0.1, -0.05) is 6.92 Å². The lowest BCUT2D eigenvalue weighted by molar-refractivity contribution is -0.384. The number of urea groups is 1. The molecule has 2 rings (SSSR count). The van der Waals surface area contributed by atoms with E-state index in [-0.39, 0.29) is 17.9 Å². The summed E-state index contributed by atoms with van der Waals surface area (Å²) in [4.78, 5) is 26.6. The first-order valence-corrected chi connectivity index (χ1v) is 7.72. The molecule has 0 saturated carbocycles. The van der Waals surface area contributed by atoms with Crippen molar-refractivity contribution in [2.24, 2.45) is 0 Å². The maximum Gasteiger partial charge on any atom is 0.319 e. The van der Waals surface area contributed by atoms with Gasteiger partial charge in [-0.2, -0.15) is 0 Å². The molecule has 0 bridgehead atoms. The topological polar surface area (TPSA) is 106 Å². The molecule has 0 aliphatic rings. The van der Waals surface area contributed by atoms with Crippen LogP contribution in [0.15, 0.2) is 23.6 Å². The van der Waals surface area contributed by atoms with Gasteiger partial charge in [-0.25, -0.2) is 9.78 Å². The molecule has 1 heterocycles. The summed E-state index contributed by atoms with van der Waals surface area (Å²) >= 11 is 1.54. The predicted octanol–water partition coefficient (Wildman–Crippen LogP) is 2.94. The van der Waals surface area contributed by atoms with Crippen molar-refractivity contribution in [1.82, 2.24) is 10.3 Å². The second-order valence-electron chi connectivity index (χ2n) is 4.54. The number of nitro benzene ring substituents is 1. The van der Waals surface area contributed by atoms with Gasteiger partial charge in [0.2, 0.25) is 0 Å². The fourth-order valence-electron chi connectivity index (χ4n) is 1.84. The third kappa shape index (κ3) is 4.39. The molecule has 1 aromatic carbocycles. The second kappa shape index (κ2) is 7.54. The van der Waals surface area contributed by atoms with Gasteiger partial charge in [-0.05, 0) is 12.5 Å². The highest BCUT2D eigenvalue weighted by molar-refractivity contribution is 7.09. The lowest BCUT2D eigenvalue weighted by Crippen LogP contribution is -2.28. The molecular weight excluding hydrogens is 320 g/mol. The van der Waals surface area contributed by atoms with E-state index in [4.69, 9.17) is 4.74 Å². The first-order chi connectivity index (χ1) is 11.0. The molecule has 9 heteroatoms. The van der Waals surface area contributed by atoms with E-state index in [9.17, 15) is 14.9 Å². The SMILES string of the molecule is CCc1nc(CNC(=O)Nc2cc([N+](=O)[O-])ccc2OC)cs1. The van der Waals surface area contributed by atoms with Crippen LogP contribution in [0, 0.1) is 10.1 Å². The van der Waals surface area contributed by atoms with Crippen molar-refractivity contribution in [3.63, 3.8) is 0 Å². The van der Waals surface area contributed by atoms with Gasteiger partial charge in [-0.3, -0.25) is 10.1 Å². The molecule has 0 aliphatic carbocycles. The van der Waals surface area contributed by atoms with Gasteiger partial charge in [0.05, 0.1) is 35.0 Å². The Kier molecular flexibility index (Phi) is 5.47. The Hall–Kier alpha value is -2.68. The molecule has 0 spiro atoms. The summed E-state index contributed by atoms with van der Waals surface area (Å²) in [6.45, 7) is 2.29. The van der Waals surface area contributed by atoms with Gasteiger partial charge >= 0.3 is 6.03 Å². The first kappa shape index (κ1) is 16.7. The minimum Gasteiger partial charge on any atom is -0.495 e. The van der Waals surface area contributed by atoms with E-state index < -0.39 is 11.0 Å². The summed E-state index contributed by atoms with van der Waals surface area (Å²) in [5.41, 5.74) is 0.868. The van der Waals surface area contributed by atoms with Crippen LogP contribution >= 0.6 is 11.3 Å². The van der Waals surface area contributed by atoms with Crippen LogP contribution in [0.1, 0.15) is 17.6 Å². The molecule has 0 unspecified atom stereocenters. The molecule has 1 aromatic heterocycles. The number of nitro groups is 1. The lowest BCUT2D eigenvalue weighted by Gasteiger charge is -2.10. The molecule has 2 aromatic rings. The zero-order chi connectivity index (χ0) is 16.8. The minimum absolute atomic E-state index is 0.131. The van der Waals surface area contributed by atoms with Gasteiger partial charge in [0, 0.05) is 17.5 Å². The number of carbonyl (C=O) groups is 1. The van der Waals surface area contributed by atoms with Crippen molar-refractivity contribution < 1.29 is 14.5 Å². The van der Waals surface area contributed by atoms with E-state index in [1.165, 1.54) is 36.6 Å². The Morgan fingerprint density at radius 2 is 2.26 bits per heavy atom. The number of nitrogens with one attached hydrogen (secondary N) is 2. The Morgan fingerprint density at radius 3 is 2.87 bits per heavy atom. The number of non-ortho nitro benzene ring substituents is 1. The smallest absolute Gasteiger partial charge is 0.319 e. The van der Waals surface area contributed by atoms with E-state index in [1.807, 2.05) is 12.3 Å². The Labute approximate surface area is 136 Å². The van der Waals surface area contributed by atoms with E-state index in [0.717, 1.165) is 17.1 Å². The Balaban J connectivity index is 2.01. The van der Waals surface area contributed by atoms with Gasteiger partial charge in [-0.15, -0.1) is 11.3 Å². The molecule has 122 valence electrons. The summed E-state index contributed by atoms with van der Waals surface area (Å²) < 4.78 is 5.09. The number of methoxy groups -OCH3 is 1. The van der Waals surface area contributed by atoms with Gasteiger partial charge in [0.1, 0.15) is 5.75 Å². The van der Waals surface area contributed by atoms with Gasteiger partial charge in [0.15, 0.2) is 0 Å². The summed E-state index contributed by atoms with van der Waals surface area (Å²) in [5.74, 6) is 0.340. The van der Waals surface area contributed by atoms with E-state index in [1.54, 1.807) is 0 Å². The molecule has 0 aliphatic heterocycles. The zero-order valence-corrected chi connectivity index (χ0v) is 13.5. The number of ether oxygens (including phenoxy) is 1. The Bertz CT molecular complexity index is 717. The highest BCUT2D eigenvalue weighted by Crippen LogP contribution is 2.28. The number of amides is 2. The lowest BCUT2D eigenvalue weighted by atomic mass is 10.2. The first-order valence-electron chi connectivity index (χ1n) is 6.84. The summed E-state index contributed by atoms with van der Waals surface area (Å²) in [5, 5.41) is 18.9. The Morgan fingerprint density at radius 1 is 1.48 bits per heavy atom. The zero-order valence-electron chi connectivity index (χ0n) is 12.7. The number of hydrogen-bond acceptors (Lipinski definition) is 6. The van der Waals surface area contributed by atoms with E-state index >= 15 is 0 Å². The average Bonchev–Trinajstić information content (AvgIpc) is 3.01. The summed E-state index contributed by atoms with van der Waals surface area (Å²) in [6.07, 6.45) is 0.849. The molecule has 0 atom stereocenters. The largest absolute Gasteiger partial charge is 0.495 e. The van der Waals surface area contributed by atoms with Crippen LogP contribution in [0.4, 0.5) is 16.2 Å². The normalized spacial score (nSPS) is 10.2. The highest BCUT2D eigenvalue weighted by atomic mass is 32.1. The van der Waals surface area contributed by atoms with Crippen molar-refractivity contribution in [2.45, 2.75) is 19.9 Å². The molecule has 2 N–H and O–H groups in total. The molecule has 23 heavy (non-hydrogen) atoms. The number of anilines is 1. The fraction of sp³-hybridized carbons (Fsp3) is 0.286. The van der Waals surface area contributed by atoms with Crippen LogP contribution < -0.4 is 15.4 Å². The number of nitrogens with zero attached hydrogens (tertiary/aromatic N) is 2. The maximum absolute atomic E-state index is 11.9. The highest BCUT2D eigenvalue weighted by Gasteiger charge is 2.13. The standard InChI is InChI=1S/C14H16N4O4S/c1-3-13-16-9(8-23-13)7-15-14(19)17-11-6-10(18(20)21)4-5-12(11)22-2/h4-6,8H,3,7H2,1-2H3,(H2,15,17,19). The van der Waals surface area contributed by atoms with Crippen molar-refractivity contribution in [3.8, 4) is 5.75 Å². The maximum atomic E-state index is 11.9. The predicted molar refractivity (Wildman–Crippen MR) is 87.0 cm³/mol. The van der Waals surface area contributed by atoms with Crippen LogP contribution in [0.5, 0.6) is 5.75 Å². The number of benzene rings is 1. The number of rotatable bonds is 6. The monoisotopic (exact) mass is 336 g/mol. The second-order valence-corrected chi connectivity index (χ2v) is 5.48. The van der Waals surface area contributed by atoms with Gasteiger partial charge in [0.25, 0.3) is 5.69 Å². The quantitative estimate of drug-likeness (QED) is 0.623. The van der Waals surface area contributed by atoms with Crippen molar-refractivity contribution in [2.75, 3.05) is 12.4 Å². The third-order valence-corrected chi connectivity index (χ3v) is 4.02. The molecule has 0 saturated heterocycles. The number of aromatic nitrogens is 1. The average molecular weight is 336 g/mol. The van der Waals surface area contributed by atoms with Crippen LogP contribution in [-0.4, -0.2) is 23.0 Å². The number of aryl methyl sites for hydroxylation is 1. The van der Waals surface area contributed by atoms with Crippen molar-refractivity contribution in [3.05, 3.63) is 44.4 Å². The van der Waals surface area contributed by atoms with E-state index in [0.29, 0.717) is 5.75 Å². The van der Waals surface area contributed by atoms with Crippen molar-refractivity contribution >= 4 is 28.7 Å². The molecule has 8 nitrogen and oxygen atoms in total. The van der Waals surface area contributed by atoms with Crippen LogP contribution in [0.2, 0.25) is 0 Å². The van der Waals surface area contributed by atoms with Crippen molar-refractivity contribution in [1.29, 1.82) is 0 Å². The molecule has 0 fully saturated rings. The van der Waals surface area contributed by atoms with Crippen LogP contribution in [0.25, 0.3) is 0 Å². The number of thiazole rings is 1. The summed E-state index contributed by atoms with van der Waals surface area (Å²) in [7, 11) is 1.42. The minimum atomic E-state index is -0.538. The van der Waals surface area contributed by atoms with Gasteiger partial charge < -0.3 is 15.4 Å². The van der Waals surface area contributed by atoms with E-state index in [2.05, 4.69) is 15.6 Å².